The van der Waals surface area contributed by atoms with E-state index < -0.39 is 30.1 Å². The normalized spacial score (nSPS) is 17.9. The minimum absolute atomic E-state index is 1.07. The van der Waals surface area contributed by atoms with Gasteiger partial charge in [-0.1, -0.05) is 0 Å². The van der Waals surface area contributed by atoms with Gasteiger partial charge in [0.15, 0.2) is 0 Å². The quantitative estimate of drug-likeness (QED) is 0.689. The van der Waals surface area contributed by atoms with Gasteiger partial charge in [-0.25, -0.2) is 0 Å². The van der Waals surface area contributed by atoms with Gasteiger partial charge >= 0.3 is 17.5 Å². The van der Waals surface area contributed by atoms with E-state index in [4.69, 9.17) is 4.55 Å². The molecule has 0 aromatic carbocycles. The molecule has 2 unspecified atom stereocenters. The lowest BCUT2D eigenvalue weighted by Gasteiger charge is -2.11. The summed E-state index contributed by atoms with van der Waals surface area (Å²) >= 11 is -2.63. The summed E-state index contributed by atoms with van der Waals surface area (Å²) in [6, 6.07) is 0. The van der Waals surface area contributed by atoms with Gasteiger partial charge in [-0.2, -0.15) is 17.4 Å². The lowest BCUT2D eigenvalue weighted by molar-refractivity contribution is -0.148. The van der Waals surface area contributed by atoms with E-state index in [9.17, 15) is 17.4 Å². The fraction of sp³-hybridized carbons (Fsp3) is 1.00. The molecule has 1 N–H and O–H groups in total. The van der Waals surface area contributed by atoms with Crippen molar-refractivity contribution in [2.45, 2.75) is 25.6 Å². The second-order valence-corrected chi connectivity index (χ2v) is 2.57. The highest BCUT2D eigenvalue weighted by molar-refractivity contribution is 7.74. The molecule has 0 saturated carbocycles. The van der Waals surface area contributed by atoms with E-state index in [-0.39, 0.29) is 0 Å². The minimum Gasteiger partial charge on any atom is -0.284 e. The predicted octanol–water partition coefficient (Wildman–Crippen LogP) is 1.48. The summed E-state index contributed by atoms with van der Waals surface area (Å²) in [7, 11) is 0. The topological polar surface area (TPSA) is 46.5 Å². The third-order valence-electron chi connectivity index (χ3n) is 0.765. The van der Waals surface area contributed by atoms with Gasteiger partial charge in [-0.3, -0.25) is 8.74 Å². The summed E-state index contributed by atoms with van der Waals surface area (Å²) in [5.74, 6) is 0. The van der Waals surface area contributed by atoms with Crippen molar-refractivity contribution in [1.82, 2.24) is 0 Å². The average molecular weight is 192 g/mol. The summed E-state index contributed by atoms with van der Waals surface area (Å²) in [4.78, 5) is 0. The van der Waals surface area contributed by atoms with E-state index in [0.717, 1.165) is 6.92 Å². The fourth-order valence-electron chi connectivity index (χ4n) is 0.500. The zero-order valence-electron chi connectivity index (χ0n) is 5.59. The number of hydrogen-bond donors (Lipinski definition) is 1. The Morgan fingerprint density at radius 2 is 2.09 bits per heavy atom. The molecule has 0 bridgehead atoms. The van der Waals surface area contributed by atoms with Gasteiger partial charge < -0.3 is 0 Å². The molecule has 0 rings (SSSR count). The van der Waals surface area contributed by atoms with Crippen molar-refractivity contribution in [3.8, 4) is 0 Å². The summed E-state index contributed by atoms with van der Waals surface area (Å²) < 4.78 is 56.2. The Morgan fingerprint density at radius 1 is 1.64 bits per heavy atom. The average Bonchev–Trinajstić information content (AvgIpc) is 1.53. The third kappa shape index (κ3) is 7.76. The molecule has 0 aromatic heterocycles. The van der Waals surface area contributed by atoms with Gasteiger partial charge in [0.2, 0.25) is 0 Å². The Labute approximate surface area is 64.0 Å². The van der Waals surface area contributed by atoms with Gasteiger partial charge in [-0.15, -0.1) is 0 Å². The smallest absolute Gasteiger partial charge is 0.284 e. The van der Waals surface area contributed by atoms with Crippen LogP contribution >= 0.6 is 0 Å². The van der Waals surface area contributed by atoms with E-state index in [1.165, 1.54) is 0 Å². The zero-order valence-corrected chi connectivity index (χ0v) is 6.41. The molecule has 0 aliphatic heterocycles. The first kappa shape index (κ1) is 10.9. The highest BCUT2D eigenvalue weighted by atomic mass is 32.2. The summed E-state index contributed by atoms with van der Waals surface area (Å²) in [6.07, 6.45) is -6.88. The van der Waals surface area contributed by atoms with E-state index in [1.54, 1.807) is 0 Å². The molecular weight excluding hydrogens is 185 g/mol. The second-order valence-electron chi connectivity index (χ2n) is 1.94. The van der Waals surface area contributed by atoms with Crippen LogP contribution in [-0.2, 0) is 15.5 Å². The van der Waals surface area contributed by atoms with Crippen molar-refractivity contribution in [3.05, 3.63) is 0 Å². The summed E-state index contributed by atoms with van der Waals surface area (Å²) in [5.41, 5.74) is 0. The van der Waals surface area contributed by atoms with Crippen LogP contribution in [0.2, 0.25) is 0 Å². The summed E-state index contributed by atoms with van der Waals surface area (Å²) in [5, 5.41) is 0. The molecule has 0 aliphatic carbocycles. The Hall–Kier alpha value is -0.140. The molecule has 0 saturated heterocycles. The van der Waals surface area contributed by atoms with Gasteiger partial charge in [-0.05, 0) is 6.92 Å². The maximum Gasteiger partial charge on any atom is 0.391 e. The van der Waals surface area contributed by atoms with Crippen molar-refractivity contribution in [1.29, 1.82) is 0 Å². The highest BCUT2D eigenvalue weighted by Crippen LogP contribution is 2.22. The van der Waals surface area contributed by atoms with E-state index >= 15 is 0 Å². The molecule has 0 fully saturated rings. The van der Waals surface area contributed by atoms with Crippen molar-refractivity contribution in [2.24, 2.45) is 0 Å². The van der Waals surface area contributed by atoms with Gasteiger partial charge in [0.05, 0.1) is 12.5 Å². The Bertz CT molecular complexity index is 146. The van der Waals surface area contributed by atoms with Crippen LogP contribution in [0.5, 0.6) is 0 Å². The van der Waals surface area contributed by atoms with Crippen molar-refractivity contribution in [3.63, 3.8) is 0 Å². The van der Waals surface area contributed by atoms with Crippen LogP contribution in [-0.4, -0.2) is 21.0 Å². The standard InChI is InChI=1S/C4H7F3O3S/c1-3(10-11(8)9)2-4(5,6)7/h3H,2H2,1H3,(H,8,9). The molecule has 11 heavy (non-hydrogen) atoms. The van der Waals surface area contributed by atoms with E-state index in [2.05, 4.69) is 4.18 Å². The van der Waals surface area contributed by atoms with Crippen molar-refractivity contribution >= 4 is 11.4 Å². The third-order valence-corrected chi connectivity index (χ3v) is 1.26. The number of rotatable bonds is 3. The Kier molecular flexibility index (Phi) is 3.98. The predicted molar refractivity (Wildman–Crippen MR) is 32.0 cm³/mol. The van der Waals surface area contributed by atoms with Crippen LogP contribution in [0.15, 0.2) is 0 Å². The molecule has 0 aliphatic rings. The van der Waals surface area contributed by atoms with Gasteiger partial charge in [0.1, 0.15) is 0 Å². The first-order valence-electron chi connectivity index (χ1n) is 2.66. The lowest BCUT2D eigenvalue weighted by Crippen LogP contribution is -2.20. The van der Waals surface area contributed by atoms with Crippen LogP contribution < -0.4 is 0 Å². The molecule has 0 spiro atoms. The Balaban J connectivity index is 3.69. The van der Waals surface area contributed by atoms with Gasteiger partial charge in [0, 0.05) is 0 Å². The highest BCUT2D eigenvalue weighted by Gasteiger charge is 2.31. The van der Waals surface area contributed by atoms with E-state index in [0.29, 0.717) is 0 Å². The number of alkyl halides is 3. The summed E-state index contributed by atoms with van der Waals surface area (Å²) in [6.45, 7) is 1.07. The maximum atomic E-state index is 11.5. The lowest BCUT2D eigenvalue weighted by atomic mass is 10.3. The van der Waals surface area contributed by atoms with Crippen LogP contribution in [0, 0.1) is 0 Å². The molecule has 0 radical (unpaired) electrons. The number of hydrogen-bond acceptors (Lipinski definition) is 2. The first-order valence-corrected chi connectivity index (χ1v) is 3.69. The fourth-order valence-corrected chi connectivity index (χ4v) is 0.850. The molecule has 68 valence electrons. The van der Waals surface area contributed by atoms with Crippen LogP contribution in [0.25, 0.3) is 0 Å². The van der Waals surface area contributed by atoms with Gasteiger partial charge in [0.25, 0.3) is 0 Å². The van der Waals surface area contributed by atoms with E-state index in [1.807, 2.05) is 0 Å². The minimum atomic E-state index is -4.36. The molecule has 7 heteroatoms. The SMILES string of the molecule is CC(CC(F)(F)F)OS(=O)O. The maximum absolute atomic E-state index is 11.5. The largest absolute Gasteiger partial charge is 0.391 e. The second kappa shape index (κ2) is 4.03. The monoisotopic (exact) mass is 192 g/mol. The van der Waals surface area contributed by atoms with Crippen LogP contribution in [0.3, 0.4) is 0 Å². The first-order chi connectivity index (χ1) is 4.81. The van der Waals surface area contributed by atoms with Crippen molar-refractivity contribution < 1.29 is 26.1 Å². The van der Waals surface area contributed by atoms with Crippen molar-refractivity contribution in [2.75, 3.05) is 0 Å². The Morgan fingerprint density at radius 3 is 2.36 bits per heavy atom. The zero-order chi connectivity index (χ0) is 9.07. The molecule has 3 nitrogen and oxygen atoms in total. The molecular formula is C4H7F3O3S. The van der Waals surface area contributed by atoms with Crippen LogP contribution in [0.4, 0.5) is 13.2 Å². The molecule has 0 aromatic rings. The number of halogens is 3. The molecule has 0 heterocycles. The molecule has 2 atom stereocenters. The molecule has 0 amide bonds. The van der Waals surface area contributed by atoms with Crippen LogP contribution in [0.1, 0.15) is 13.3 Å².